The average molecular weight is 381 g/mol. The molecule has 0 aliphatic carbocycles. The molecule has 1 amide bonds. The second-order valence-electron chi connectivity index (χ2n) is 6.67. The summed E-state index contributed by atoms with van der Waals surface area (Å²) in [5.74, 6) is -0.295. The molecule has 0 bridgehead atoms. The molecule has 1 atom stereocenters. The number of fused-ring (bicyclic) bond motifs is 1. The third-order valence-electron chi connectivity index (χ3n) is 4.57. The van der Waals surface area contributed by atoms with Crippen molar-refractivity contribution in [2.24, 2.45) is 0 Å². The molecule has 2 aromatic carbocycles. The zero-order valence-corrected chi connectivity index (χ0v) is 16.4. The van der Waals surface area contributed by atoms with Crippen molar-refractivity contribution in [3.63, 3.8) is 0 Å². The van der Waals surface area contributed by atoms with Crippen molar-refractivity contribution in [1.82, 2.24) is 5.32 Å². The van der Waals surface area contributed by atoms with Crippen LogP contribution in [0.15, 0.2) is 46.9 Å². The van der Waals surface area contributed by atoms with Crippen LogP contribution in [0.25, 0.3) is 11.0 Å². The fourth-order valence-corrected chi connectivity index (χ4v) is 2.83. The second-order valence-corrected chi connectivity index (χ2v) is 6.67. The summed E-state index contributed by atoms with van der Waals surface area (Å²) in [6, 6.07) is 13.1. The number of hydrogen-bond donors (Lipinski definition) is 1. The lowest BCUT2D eigenvalue weighted by Crippen LogP contribution is -2.35. The highest BCUT2D eigenvalue weighted by Gasteiger charge is 2.24. The zero-order valence-electron chi connectivity index (χ0n) is 16.4. The number of benzene rings is 2. The summed E-state index contributed by atoms with van der Waals surface area (Å²) in [6.45, 7) is 5.66. The standard InChI is InChI=1S/C22H23NO5/c1-13-5-7-16(8-6-13)12-23-21(24)15(3)27-22(25)20-14(2)18-11-17(26-4)9-10-19(18)28-20/h5-11,15H,12H2,1-4H3,(H,23,24)/t15-/m0/s1. The molecule has 0 saturated heterocycles. The Bertz CT molecular complexity index is 1000. The van der Waals surface area contributed by atoms with Gasteiger partial charge in [-0.3, -0.25) is 4.79 Å². The Morgan fingerprint density at radius 1 is 1.11 bits per heavy atom. The summed E-state index contributed by atoms with van der Waals surface area (Å²) in [4.78, 5) is 24.7. The minimum Gasteiger partial charge on any atom is -0.497 e. The molecule has 28 heavy (non-hydrogen) atoms. The number of esters is 1. The van der Waals surface area contributed by atoms with E-state index in [2.05, 4.69) is 5.32 Å². The van der Waals surface area contributed by atoms with Crippen LogP contribution in [0.1, 0.15) is 34.2 Å². The SMILES string of the molecule is COc1ccc2oc(C(=O)O[C@@H](C)C(=O)NCc3ccc(C)cc3)c(C)c2c1. The maximum Gasteiger partial charge on any atom is 0.375 e. The average Bonchev–Trinajstić information content (AvgIpc) is 3.03. The Hall–Kier alpha value is -3.28. The van der Waals surface area contributed by atoms with Gasteiger partial charge in [-0.15, -0.1) is 0 Å². The Kier molecular flexibility index (Phi) is 5.68. The summed E-state index contributed by atoms with van der Waals surface area (Å²) < 4.78 is 16.1. The fraction of sp³-hybridized carbons (Fsp3) is 0.273. The van der Waals surface area contributed by atoms with E-state index in [1.807, 2.05) is 31.2 Å². The van der Waals surface area contributed by atoms with Crippen molar-refractivity contribution in [2.75, 3.05) is 7.11 Å². The Labute approximate surface area is 163 Å². The van der Waals surface area contributed by atoms with Gasteiger partial charge in [-0.2, -0.15) is 0 Å². The lowest BCUT2D eigenvalue weighted by molar-refractivity contribution is -0.129. The van der Waals surface area contributed by atoms with E-state index >= 15 is 0 Å². The van der Waals surface area contributed by atoms with Gasteiger partial charge in [0.2, 0.25) is 5.76 Å². The van der Waals surface area contributed by atoms with Crippen LogP contribution in [0.5, 0.6) is 5.75 Å². The number of carbonyl (C=O) groups excluding carboxylic acids is 2. The molecule has 0 aliphatic rings. The van der Waals surface area contributed by atoms with Crippen LogP contribution in [-0.4, -0.2) is 25.1 Å². The number of nitrogens with one attached hydrogen (secondary N) is 1. The van der Waals surface area contributed by atoms with E-state index in [-0.39, 0.29) is 11.7 Å². The van der Waals surface area contributed by atoms with Gasteiger partial charge in [0, 0.05) is 17.5 Å². The molecule has 0 aliphatic heterocycles. The van der Waals surface area contributed by atoms with Crippen LogP contribution < -0.4 is 10.1 Å². The van der Waals surface area contributed by atoms with Crippen LogP contribution in [0, 0.1) is 13.8 Å². The summed E-state index contributed by atoms with van der Waals surface area (Å²) in [5, 5.41) is 3.53. The smallest absolute Gasteiger partial charge is 0.375 e. The molecular weight excluding hydrogens is 358 g/mol. The van der Waals surface area contributed by atoms with E-state index in [0.717, 1.165) is 16.5 Å². The molecule has 1 N–H and O–H groups in total. The van der Waals surface area contributed by atoms with E-state index in [1.54, 1.807) is 32.2 Å². The number of hydrogen-bond acceptors (Lipinski definition) is 5. The maximum absolute atomic E-state index is 12.5. The third kappa shape index (κ3) is 4.17. The van der Waals surface area contributed by atoms with E-state index < -0.39 is 12.1 Å². The molecule has 1 heterocycles. The van der Waals surface area contributed by atoms with Crippen molar-refractivity contribution < 1.29 is 23.5 Å². The van der Waals surface area contributed by atoms with Gasteiger partial charge in [-0.25, -0.2) is 4.79 Å². The molecule has 1 aromatic heterocycles. The van der Waals surface area contributed by atoms with Gasteiger partial charge in [-0.1, -0.05) is 29.8 Å². The zero-order chi connectivity index (χ0) is 20.3. The van der Waals surface area contributed by atoms with Gasteiger partial charge >= 0.3 is 5.97 Å². The molecule has 0 spiro atoms. The first-order valence-electron chi connectivity index (χ1n) is 9.00. The predicted molar refractivity (Wildman–Crippen MR) is 105 cm³/mol. The fourth-order valence-electron chi connectivity index (χ4n) is 2.83. The summed E-state index contributed by atoms with van der Waals surface area (Å²) in [7, 11) is 1.57. The van der Waals surface area contributed by atoms with Crippen LogP contribution in [0.4, 0.5) is 0 Å². The first-order valence-corrected chi connectivity index (χ1v) is 9.00. The maximum atomic E-state index is 12.5. The molecule has 0 radical (unpaired) electrons. The number of furan rings is 1. The molecule has 0 fully saturated rings. The molecule has 3 aromatic rings. The molecule has 0 unspecified atom stereocenters. The number of amides is 1. The number of aryl methyl sites for hydroxylation is 2. The predicted octanol–water partition coefficient (Wildman–Crippen LogP) is 3.92. The highest BCUT2D eigenvalue weighted by molar-refractivity contribution is 5.97. The number of carbonyl (C=O) groups is 2. The first-order chi connectivity index (χ1) is 13.4. The molecule has 0 saturated carbocycles. The molecular formula is C22H23NO5. The number of methoxy groups -OCH3 is 1. The second kappa shape index (κ2) is 8.17. The highest BCUT2D eigenvalue weighted by Crippen LogP contribution is 2.29. The first kappa shape index (κ1) is 19.5. The largest absolute Gasteiger partial charge is 0.497 e. The highest BCUT2D eigenvalue weighted by atomic mass is 16.6. The monoisotopic (exact) mass is 381 g/mol. The molecule has 3 rings (SSSR count). The molecule has 6 nitrogen and oxygen atoms in total. The van der Waals surface area contributed by atoms with E-state index in [0.29, 0.717) is 23.4 Å². The quantitative estimate of drug-likeness (QED) is 0.655. The lowest BCUT2D eigenvalue weighted by Gasteiger charge is -2.13. The Morgan fingerprint density at radius 3 is 2.50 bits per heavy atom. The minimum absolute atomic E-state index is 0.0847. The molecule has 146 valence electrons. The van der Waals surface area contributed by atoms with Crippen molar-refractivity contribution in [3.05, 3.63) is 64.9 Å². The van der Waals surface area contributed by atoms with Gasteiger partial charge in [0.1, 0.15) is 11.3 Å². The van der Waals surface area contributed by atoms with Crippen molar-refractivity contribution >= 4 is 22.8 Å². The van der Waals surface area contributed by atoms with Gasteiger partial charge in [-0.05, 0) is 44.5 Å². The normalized spacial score (nSPS) is 11.9. The van der Waals surface area contributed by atoms with Gasteiger partial charge in [0.15, 0.2) is 6.10 Å². The minimum atomic E-state index is -0.944. The van der Waals surface area contributed by atoms with Gasteiger partial charge in [0.05, 0.1) is 7.11 Å². The summed E-state index contributed by atoms with van der Waals surface area (Å²) >= 11 is 0. The van der Waals surface area contributed by atoms with Gasteiger partial charge in [0.25, 0.3) is 5.91 Å². The van der Waals surface area contributed by atoms with Crippen LogP contribution in [-0.2, 0) is 16.1 Å². The summed E-state index contributed by atoms with van der Waals surface area (Å²) in [5.41, 5.74) is 3.32. The van der Waals surface area contributed by atoms with Crippen molar-refractivity contribution in [1.29, 1.82) is 0 Å². The Morgan fingerprint density at radius 2 is 1.82 bits per heavy atom. The van der Waals surface area contributed by atoms with E-state index in [1.165, 1.54) is 6.92 Å². The van der Waals surface area contributed by atoms with Crippen molar-refractivity contribution in [3.8, 4) is 5.75 Å². The third-order valence-corrected chi connectivity index (χ3v) is 4.57. The molecule has 6 heteroatoms. The van der Waals surface area contributed by atoms with E-state index in [4.69, 9.17) is 13.9 Å². The van der Waals surface area contributed by atoms with Crippen molar-refractivity contribution in [2.45, 2.75) is 33.4 Å². The van der Waals surface area contributed by atoms with Crippen LogP contribution in [0.3, 0.4) is 0 Å². The number of ether oxygens (including phenoxy) is 2. The van der Waals surface area contributed by atoms with Crippen LogP contribution in [0.2, 0.25) is 0 Å². The summed E-state index contributed by atoms with van der Waals surface area (Å²) in [6.07, 6.45) is -0.944. The van der Waals surface area contributed by atoms with Crippen LogP contribution >= 0.6 is 0 Å². The lowest BCUT2D eigenvalue weighted by atomic mass is 10.1. The Balaban J connectivity index is 1.64. The topological polar surface area (TPSA) is 77.8 Å². The van der Waals surface area contributed by atoms with Gasteiger partial charge < -0.3 is 19.2 Å². The van der Waals surface area contributed by atoms with E-state index in [9.17, 15) is 9.59 Å². The number of rotatable bonds is 6.